The van der Waals surface area contributed by atoms with Crippen LogP contribution in [0.3, 0.4) is 0 Å². The summed E-state index contributed by atoms with van der Waals surface area (Å²) in [6, 6.07) is 18.5. The zero-order valence-electron chi connectivity index (χ0n) is 22.2. The lowest BCUT2D eigenvalue weighted by Crippen LogP contribution is -2.27. The Hall–Kier alpha value is -3.58. The quantitative estimate of drug-likeness (QED) is 0.219. The van der Waals surface area contributed by atoms with Crippen molar-refractivity contribution in [2.24, 2.45) is 0 Å². The number of unbranched alkanes of at least 4 members (excludes halogenated alkanes) is 1. The number of amides is 1. The summed E-state index contributed by atoms with van der Waals surface area (Å²) >= 11 is 1.59. The first-order valence-corrected chi connectivity index (χ1v) is 13.6. The summed E-state index contributed by atoms with van der Waals surface area (Å²) in [5.41, 5.74) is 6.16. The predicted octanol–water partition coefficient (Wildman–Crippen LogP) is 7.66. The van der Waals surface area contributed by atoms with Gasteiger partial charge in [-0.05, 0) is 54.7 Å². The molecule has 6 nitrogen and oxygen atoms in total. The van der Waals surface area contributed by atoms with Crippen LogP contribution < -0.4 is 14.8 Å². The second-order valence-corrected chi connectivity index (χ2v) is 10.3. The van der Waals surface area contributed by atoms with Gasteiger partial charge in [-0.3, -0.25) is 0 Å². The van der Waals surface area contributed by atoms with Gasteiger partial charge in [-0.1, -0.05) is 51.5 Å². The topological polar surface area (TPSA) is 65.4 Å². The number of benzene rings is 2. The highest BCUT2D eigenvalue weighted by Gasteiger charge is 2.20. The van der Waals surface area contributed by atoms with Crippen molar-refractivity contribution < 1.29 is 14.3 Å². The number of rotatable bonds is 10. The van der Waals surface area contributed by atoms with Gasteiger partial charge in [0.15, 0.2) is 5.75 Å². The largest absolute Gasteiger partial charge is 0.497 e. The molecule has 7 heteroatoms. The van der Waals surface area contributed by atoms with Crippen LogP contribution in [0, 0.1) is 6.92 Å². The first-order valence-electron chi connectivity index (χ1n) is 12.7. The Balaban J connectivity index is 1.66. The van der Waals surface area contributed by atoms with Gasteiger partial charge in [-0.25, -0.2) is 9.78 Å². The second-order valence-electron chi connectivity index (χ2n) is 9.40. The summed E-state index contributed by atoms with van der Waals surface area (Å²) in [5, 5.41) is 5.81. The van der Waals surface area contributed by atoms with E-state index < -0.39 is 6.09 Å². The summed E-state index contributed by atoms with van der Waals surface area (Å²) in [6.45, 7) is 9.71. The first-order chi connectivity index (χ1) is 17.9. The lowest BCUT2D eigenvalue weighted by Gasteiger charge is -2.12. The predicted molar refractivity (Wildman–Crippen MR) is 151 cm³/mol. The molecule has 4 aromatic rings. The third-order valence-electron chi connectivity index (χ3n) is 6.41. The molecule has 2 aromatic carbocycles. The molecule has 1 amide bonds. The average molecular weight is 518 g/mol. The summed E-state index contributed by atoms with van der Waals surface area (Å²) in [4.78, 5) is 17.4. The van der Waals surface area contributed by atoms with Crippen LogP contribution in [-0.4, -0.2) is 29.3 Å². The van der Waals surface area contributed by atoms with Crippen molar-refractivity contribution in [2.75, 3.05) is 13.7 Å². The lowest BCUT2D eigenvalue weighted by atomic mass is 10.0. The highest BCUT2D eigenvalue weighted by molar-refractivity contribution is 7.13. The molecule has 0 unspecified atom stereocenters. The molecule has 2 aromatic heterocycles. The van der Waals surface area contributed by atoms with Gasteiger partial charge in [0.1, 0.15) is 10.8 Å². The van der Waals surface area contributed by atoms with Crippen LogP contribution in [0.15, 0.2) is 60.0 Å². The fourth-order valence-corrected chi connectivity index (χ4v) is 4.91. The number of ether oxygens (including phenoxy) is 2. The molecule has 0 saturated carbocycles. The number of hydrogen-bond acceptors (Lipinski definition) is 5. The van der Waals surface area contributed by atoms with Crippen LogP contribution in [0.5, 0.6) is 11.5 Å². The first kappa shape index (κ1) is 26.5. The molecular weight excluding hydrogens is 482 g/mol. The molecule has 1 N–H and O–H groups in total. The molecule has 2 heterocycles. The number of methoxy groups -OCH3 is 1. The Morgan fingerprint density at radius 3 is 2.49 bits per heavy atom. The second kappa shape index (κ2) is 12.1. The van der Waals surface area contributed by atoms with Crippen molar-refractivity contribution in [3.63, 3.8) is 0 Å². The van der Waals surface area contributed by atoms with Crippen LogP contribution in [0.4, 0.5) is 4.79 Å². The number of nitrogens with zero attached hydrogens (tertiary/aromatic N) is 2. The Kier molecular flexibility index (Phi) is 8.66. The Morgan fingerprint density at radius 1 is 1.11 bits per heavy atom. The zero-order chi connectivity index (χ0) is 26.4. The van der Waals surface area contributed by atoms with E-state index in [-0.39, 0.29) is 0 Å². The molecule has 194 valence electrons. The van der Waals surface area contributed by atoms with E-state index >= 15 is 0 Å². The fourth-order valence-electron chi connectivity index (χ4n) is 4.09. The van der Waals surface area contributed by atoms with Crippen molar-refractivity contribution in [1.82, 2.24) is 14.9 Å². The number of aromatic nitrogens is 2. The third-order valence-corrected chi connectivity index (χ3v) is 7.30. The molecular formula is C30H35N3O3S. The molecule has 0 bridgehead atoms. The summed E-state index contributed by atoms with van der Waals surface area (Å²) in [6.07, 6.45) is 1.49. The van der Waals surface area contributed by atoms with E-state index in [0.717, 1.165) is 46.2 Å². The van der Waals surface area contributed by atoms with Crippen molar-refractivity contribution in [2.45, 2.75) is 53.0 Å². The summed E-state index contributed by atoms with van der Waals surface area (Å²) in [7, 11) is 1.66. The van der Waals surface area contributed by atoms with Gasteiger partial charge >= 0.3 is 6.09 Å². The Bertz CT molecular complexity index is 1320. The average Bonchev–Trinajstić information content (AvgIpc) is 3.50. The minimum absolute atomic E-state index is 0.432. The van der Waals surface area contributed by atoms with Gasteiger partial charge in [0.2, 0.25) is 0 Å². The van der Waals surface area contributed by atoms with Crippen molar-refractivity contribution >= 4 is 17.4 Å². The smallest absolute Gasteiger partial charge is 0.412 e. The van der Waals surface area contributed by atoms with Crippen LogP contribution in [0.1, 0.15) is 56.4 Å². The maximum atomic E-state index is 12.4. The summed E-state index contributed by atoms with van der Waals surface area (Å²) < 4.78 is 13.2. The van der Waals surface area contributed by atoms with Gasteiger partial charge in [-0.15, -0.1) is 11.3 Å². The molecule has 0 atom stereocenters. The monoisotopic (exact) mass is 517 g/mol. The Labute approximate surface area is 223 Å². The van der Waals surface area contributed by atoms with Gasteiger partial charge in [0.25, 0.3) is 0 Å². The van der Waals surface area contributed by atoms with E-state index in [1.54, 1.807) is 18.4 Å². The lowest BCUT2D eigenvalue weighted by molar-refractivity contribution is 0.200. The third kappa shape index (κ3) is 6.41. The molecule has 37 heavy (non-hydrogen) atoms. The zero-order valence-corrected chi connectivity index (χ0v) is 23.0. The maximum absolute atomic E-state index is 12.4. The van der Waals surface area contributed by atoms with Gasteiger partial charge in [0.05, 0.1) is 24.2 Å². The van der Waals surface area contributed by atoms with E-state index in [9.17, 15) is 4.79 Å². The van der Waals surface area contributed by atoms with Crippen molar-refractivity contribution in [1.29, 1.82) is 0 Å². The van der Waals surface area contributed by atoms with Crippen molar-refractivity contribution in [3.8, 4) is 33.5 Å². The van der Waals surface area contributed by atoms with E-state index in [4.69, 9.17) is 14.5 Å². The molecule has 0 aliphatic rings. The molecule has 4 rings (SSSR count). The minimum Gasteiger partial charge on any atom is -0.497 e. The molecule has 0 aliphatic carbocycles. The SMILES string of the molecule is CCCCNC(=O)Oc1cc(-c2csc(-c3ccc(OC)cc3)n2)n(Cc2ccc(C(C)C)cc2)c1C. The van der Waals surface area contributed by atoms with Crippen LogP contribution in [0.2, 0.25) is 0 Å². The summed E-state index contributed by atoms with van der Waals surface area (Å²) in [5.74, 6) is 1.84. The number of hydrogen-bond donors (Lipinski definition) is 1. The van der Waals surface area contributed by atoms with Gasteiger partial charge in [0, 0.05) is 30.1 Å². The number of nitrogens with one attached hydrogen (secondary N) is 1. The van der Waals surface area contributed by atoms with Crippen LogP contribution in [0.25, 0.3) is 22.0 Å². The highest BCUT2D eigenvalue weighted by atomic mass is 32.1. The fraction of sp³-hybridized carbons (Fsp3) is 0.333. The van der Waals surface area contributed by atoms with E-state index in [1.807, 2.05) is 37.3 Å². The highest BCUT2D eigenvalue weighted by Crippen LogP contribution is 2.35. The van der Waals surface area contributed by atoms with Gasteiger partial charge in [-0.2, -0.15) is 0 Å². The molecule has 0 fully saturated rings. The number of carbonyl (C=O) groups is 1. The van der Waals surface area contributed by atoms with Gasteiger partial charge < -0.3 is 19.4 Å². The van der Waals surface area contributed by atoms with E-state index in [0.29, 0.717) is 24.8 Å². The van der Waals surface area contributed by atoms with E-state index in [1.165, 1.54) is 11.1 Å². The maximum Gasteiger partial charge on any atom is 0.412 e. The number of thiazole rings is 1. The molecule has 0 spiro atoms. The molecule has 0 saturated heterocycles. The standard InChI is InChI=1S/C30H35N3O3S/c1-6-7-16-31-30(34)36-28-17-27(26-19-37-29(32-26)24-12-14-25(35-5)15-13-24)33(21(28)4)18-22-8-10-23(11-9-22)20(2)3/h8-15,17,19-20H,6-7,16,18H2,1-5H3,(H,31,34). The Morgan fingerprint density at radius 2 is 1.84 bits per heavy atom. The normalized spacial score (nSPS) is 11.1. The minimum atomic E-state index is -0.432. The van der Waals surface area contributed by atoms with Crippen molar-refractivity contribution in [3.05, 3.63) is 76.8 Å². The van der Waals surface area contributed by atoms with Crippen LogP contribution >= 0.6 is 11.3 Å². The number of carbonyl (C=O) groups excluding carboxylic acids is 1. The van der Waals surface area contributed by atoms with E-state index in [2.05, 4.69) is 60.3 Å². The van der Waals surface area contributed by atoms with Crippen LogP contribution in [-0.2, 0) is 6.54 Å². The molecule has 0 radical (unpaired) electrons. The molecule has 0 aliphatic heterocycles.